The molecule has 0 amide bonds. The second-order valence-electron chi connectivity index (χ2n) is 8.14. The number of benzene rings is 1. The van der Waals surface area contributed by atoms with Crippen LogP contribution in [0.25, 0.3) is 5.65 Å². The summed E-state index contributed by atoms with van der Waals surface area (Å²) in [5.41, 5.74) is 2.70. The van der Waals surface area contributed by atoms with Crippen LogP contribution in [0.2, 0.25) is 5.02 Å². The molecular weight excluding hydrogens is 540 g/mol. The molecule has 5 rings (SSSR count). The number of halogens is 2. The lowest BCUT2D eigenvalue weighted by atomic mass is 9.94. The third-order valence-electron chi connectivity index (χ3n) is 5.97. The minimum atomic E-state index is -3.55. The van der Waals surface area contributed by atoms with Gasteiger partial charge in [-0.25, -0.2) is 13.4 Å². The predicted octanol–water partition coefficient (Wildman–Crippen LogP) is 4.72. The zero-order valence-corrected chi connectivity index (χ0v) is 21.3. The molecule has 1 saturated heterocycles. The second-order valence-corrected chi connectivity index (χ2v) is 11.4. The zero-order chi connectivity index (χ0) is 23.7. The van der Waals surface area contributed by atoms with Gasteiger partial charge in [-0.15, -0.1) is 0 Å². The van der Waals surface area contributed by atoms with Gasteiger partial charge in [-0.05, 0) is 64.7 Å². The summed E-state index contributed by atoms with van der Waals surface area (Å²) in [6.45, 7) is 1.46. The first-order valence-electron chi connectivity index (χ1n) is 10.8. The lowest BCUT2D eigenvalue weighted by Gasteiger charge is -2.31. The molecule has 0 unspecified atom stereocenters. The van der Waals surface area contributed by atoms with E-state index < -0.39 is 10.0 Å². The number of pyridine rings is 1. The summed E-state index contributed by atoms with van der Waals surface area (Å²) in [6, 6.07) is 12.2. The van der Waals surface area contributed by atoms with E-state index in [1.807, 2.05) is 24.4 Å². The summed E-state index contributed by atoms with van der Waals surface area (Å²) < 4.78 is 30.2. The van der Waals surface area contributed by atoms with Crippen LogP contribution in [0.5, 0.6) is 0 Å². The van der Waals surface area contributed by atoms with Crippen molar-refractivity contribution in [2.45, 2.75) is 30.2 Å². The largest absolute Gasteiger partial charge is 0.366 e. The highest BCUT2D eigenvalue weighted by Crippen LogP contribution is 2.32. The van der Waals surface area contributed by atoms with E-state index in [1.165, 1.54) is 0 Å². The molecule has 34 heavy (non-hydrogen) atoms. The van der Waals surface area contributed by atoms with Crippen molar-refractivity contribution >= 4 is 49.0 Å². The topological polar surface area (TPSA) is 92.5 Å². The number of piperidine rings is 1. The number of hydrogen-bond acceptors (Lipinski definition) is 6. The van der Waals surface area contributed by atoms with Crippen molar-refractivity contribution < 1.29 is 8.42 Å². The highest BCUT2D eigenvalue weighted by atomic mass is 79.9. The molecule has 8 nitrogen and oxygen atoms in total. The van der Waals surface area contributed by atoms with Gasteiger partial charge in [-0.3, -0.25) is 4.98 Å². The first-order valence-corrected chi connectivity index (χ1v) is 13.5. The Labute approximate surface area is 211 Å². The summed E-state index contributed by atoms with van der Waals surface area (Å²) in [7, 11) is -3.55. The molecule has 0 atom stereocenters. The molecule has 11 heteroatoms. The summed E-state index contributed by atoms with van der Waals surface area (Å²) in [5, 5.41) is 8.38. The smallest absolute Gasteiger partial charge is 0.243 e. The van der Waals surface area contributed by atoms with E-state index in [-0.39, 0.29) is 10.8 Å². The van der Waals surface area contributed by atoms with Crippen molar-refractivity contribution in [1.29, 1.82) is 0 Å². The van der Waals surface area contributed by atoms with Crippen LogP contribution in [0.1, 0.15) is 30.0 Å². The third kappa shape index (κ3) is 4.68. The lowest BCUT2D eigenvalue weighted by Crippen LogP contribution is -2.38. The molecule has 0 aliphatic carbocycles. The maximum atomic E-state index is 13.0. The van der Waals surface area contributed by atoms with Crippen molar-refractivity contribution in [3.8, 4) is 0 Å². The number of aromatic nitrogens is 4. The number of nitrogens with zero attached hydrogens (tertiary/aromatic N) is 5. The Kier molecular flexibility index (Phi) is 6.57. The minimum absolute atomic E-state index is 0.141. The van der Waals surface area contributed by atoms with Crippen LogP contribution in [0, 0.1) is 0 Å². The highest BCUT2D eigenvalue weighted by molar-refractivity contribution is 9.10. The Bertz CT molecular complexity index is 1400. The molecule has 4 heterocycles. The van der Waals surface area contributed by atoms with E-state index in [4.69, 9.17) is 16.6 Å². The molecule has 0 bridgehead atoms. The number of anilines is 1. The van der Waals surface area contributed by atoms with E-state index in [1.54, 1.807) is 45.5 Å². The average molecular weight is 562 g/mol. The standard InChI is InChI=1S/C23H22BrClN6O2S/c24-20-15-28-31-22(27-14-16-2-1-9-26-13-16)12-21(29-23(20)31)17-7-10-30(11-8-17)34(32,33)19-5-3-18(25)4-6-19/h1-6,9,12-13,15,17,27H,7-8,10-11,14H2. The van der Waals surface area contributed by atoms with E-state index in [2.05, 4.69) is 31.3 Å². The molecule has 3 aromatic heterocycles. The van der Waals surface area contributed by atoms with Crippen LogP contribution >= 0.6 is 27.5 Å². The highest BCUT2D eigenvalue weighted by Gasteiger charge is 2.31. The quantitative estimate of drug-likeness (QED) is 0.366. The van der Waals surface area contributed by atoms with Gasteiger partial charge in [0.15, 0.2) is 5.65 Å². The average Bonchev–Trinajstić information content (AvgIpc) is 3.24. The Morgan fingerprint density at radius 1 is 1.12 bits per heavy atom. The molecule has 1 N–H and O–H groups in total. The van der Waals surface area contributed by atoms with Crippen LogP contribution in [-0.2, 0) is 16.6 Å². The summed E-state index contributed by atoms with van der Waals surface area (Å²) in [4.78, 5) is 9.28. The molecule has 1 aliphatic rings. The van der Waals surface area contributed by atoms with Gasteiger partial charge in [0, 0.05) is 54.7 Å². The molecule has 0 radical (unpaired) electrons. The van der Waals surface area contributed by atoms with Gasteiger partial charge in [0.1, 0.15) is 5.82 Å². The van der Waals surface area contributed by atoms with Crippen LogP contribution in [0.3, 0.4) is 0 Å². The van der Waals surface area contributed by atoms with E-state index in [9.17, 15) is 8.42 Å². The summed E-state index contributed by atoms with van der Waals surface area (Å²) in [6.07, 6.45) is 6.66. The predicted molar refractivity (Wildman–Crippen MR) is 134 cm³/mol. The number of hydrogen-bond donors (Lipinski definition) is 1. The molecule has 0 saturated carbocycles. The lowest BCUT2D eigenvalue weighted by molar-refractivity contribution is 0.317. The van der Waals surface area contributed by atoms with E-state index in [0.717, 1.165) is 27.2 Å². The second kappa shape index (κ2) is 9.61. The molecule has 4 aromatic rings. The fourth-order valence-electron chi connectivity index (χ4n) is 4.13. The zero-order valence-electron chi connectivity index (χ0n) is 18.1. The third-order valence-corrected chi connectivity index (χ3v) is 8.69. The fraction of sp³-hybridized carbons (Fsp3) is 0.261. The summed E-state index contributed by atoms with van der Waals surface area (Å²) in [5.74, 6) is 0.966. The Morgan fingerprint density at radius 2 is 1.88 bits per heavy atom. The van der Waals surface area contributed by atoms with Crippen molar-refractivity contribution in [2.75, 3.05) is 18.4 Å². The van der Waals surface area contributed by atoms with Crippen molar-refractivity contribution in [2.24, 2.45) is 0 Å². The number of sulfonamides is 1. The number of nitrogens with one attached hydrogen (secondary N) is 1. The fourth-order valence-corrected chi connectivity index (χ4v) is 6.08. The first-order chi connectivity index (χ1) is 16.4. The Hall–Kier alpha value is -2.53. The summed E-state index contributed by atoms with van der Waals surface area (Å²) >= 11 is 9.46. The van der Waals surface area contributed by atoms with E-state index >= 15 is 0 Å². The van der Waals surface area contributed by atoms with Gasteiger partial charge in [0.05, 0.1) is 15.6 Å². The van der Waals surface area contributed by atoms with Gasteiger partial charge in [0.25, 0.3) is 0 Å². The van der Waals surface area contributed by atoms with Gasteiger partial charge < -0.3 is 5.32 Å². The van der Waals surface area contributed by atoms with Gasteiger partial charge in [-0.2, -0.15) is 13.9 Å². The molecular formula is C23H22BrClN6O2S. The molecule has 0 spiro atoms. The normalized spacial score (nSPS) is 15.6. The SMILES string of the molecule is O=S(=O)(c1ccc(Cl)cc1)N1CCC(c2cc(NCc3cccnc3)n3ncc(Br)c3n2)CC1. The van der Waals surface area contributed by atoms with Crippen molar-refractivity contribution in [3.05, 3.63) is 81.8 Å². The minimum Gasteiger partial charge on any atom is -0.366 e. The van der Waals surface area contributed by atoms with E-state index in [0.29, 0.717) is 37.5 Å². The van der Waals surface area contributed by atoms with Gasteiger partial charge in [0.2, 0.25) is 10.0 Å². The van der Waals surface area contributed by atoms with Crippen LogP contribution in [0.15, 0.2) is 70.4 Å². The number of rotatable bonds is 6. The number of fused-ring (bicyclic) bond motifs is 1. The monoisotopic (exact) mass is 560 g/mol. The molecule has 1 aliphatic heterocycles. The maximum Gasteiger partial charge on any atom is 0.243 e. The Balaban J connectivity index is 1.35. The molecule has 176 valence electrons. The van der Waals surface area contributed by atoms with Crippen LogP contribution < -0.4 is 5.32 Å². The Morgan fingerprint density at radius 3 is 2.59 bits per heavy atom. The van der Waals surface area contributed by atoms with Crippen molar-refractivity contribution in [3.63, 3.8) is 0 Å². The molecule has 1 fully saturated rings. The molecule has 1 aromatic carbocycles. The van der Waals surface area contributed by atoms with Gasteiger partial charge in [-0.1, -0.05) is 17.7 Å². The first kappa shape index (κ1) is 23.2. The van der Waals surface area contributed by atoms with Crippen LogP contribution in [0.4, 0.5) is 5.82 Å². The van der Waals surface area contributed by atoms with Gasteiger partial charge >= 0.3 is 0 Å². The van der Waals surface area contributed by atoms with Crippen molar-refractivity contribution in [1.82, 2.24) is 23.9 Å². The maximum absolute atomic E-state index is 13.0. The van der Waals surface area contributed by atoms with Crippen LogP contribution in [-0.4, -0.2) is 45.4 Å².